The zero-order valence-electron chi connectivity index (χ0n) is 10.0. The lowest BCUT2D eigenvalue weighted by atomic mass is 10.2. The molecule has 18 heavy (non-hydrogen) atoms. The van der Waals surface area contributed by atoms with Gasteiger partial charge in [-0.05, 0) is 38.8 Å². The van der Waals surface area contributed by atoms with Gasteiger partial charge in [0.2, 0.25) is 0 Å². The number of aliphatic hydroxyl groups excluding tert-OH is 2. The molecule has 0 radical (unpaired) electrons. The third-order valence-corrected chi connectivity index (χ3v) is 3.29. The standard InChI is InChI=1S/C7H13N.C4H6O6/c1-3-7-4-2-6-8(7)5-1;5-1(3(7)8)2(6)4(9)10/h7H,1-6H2;1-2,5-6H,(H,7,8)(H,9,10). The number of carbonyl (C=O) groups is 2. The second-order valence-electron chi connectivity index (χ2n) is 4.54. The van der Waals surface area contributed by atoms with Gasteiger partial charge in [0.15, 0.2) is 12.2 Å². The molecule has 0 saturated carbocycles. The van der Waals surface area contributed by atoms with Gasteiger partial charge in [-0.2, -0.15) is 0 Å². The van der Waals surface area contributed by atoms with Gasteiger partial charge in [-0.15, -0.1) is 0 Å². The number of fused-ring (bicyclic) bond motifs is 1. The van der Waals surface area contributed by atoms with E-state index in [0.717, 1.165) is 6.04 Å². The molecule has 2 rings (SSSR count). The largest absolute Gasteiger partial charge is 0.479 e. The van der Waals surface area contributed by atoms with E-state index in [-0.39, 0.29) is 0 Å². The topological polar surface area (TPSA) is 118 Å². The molecule has 0 aromatic carbocycles. The van der Waals surface area contributed by atoms with Crippen molar-refractivity contribution in [3.05, 3.63) is 0 Å². The SMILES string of the molecule is C1CC2CCCN2C1.O=C(O)C(O)C(O)C(=O)O. The van der Waals surface area contributed by atoms with Crippen molar-refractivity contribution in [1.82, 2.24) is 4.90 Å². The van der Waals surface area contributed by atoms with Gasteiger partial charge in [-0.1, -0.05) is 0 Å². The fraction of sp³-hybridized carbons (Fsp3) is 0.818. The Labute approximate surface area is 105 Å². The van der Waals surface area contributed by atoms with E-state index in [2.05, 4.69) is 4.90 Å². The van der Waals surface area contributed by atoms with Crippen LogP contribution in [0, 0.1) is 0 Å². The maximum absolute atomic E-state index is 9.77. The first-order valence-corrected chi connectivity index (χ1v) is 5.99. The lowest BCUT2D eigenvalue weighted by molar-refractivity contribution is -0.165. The van der Waals surface area contributed by atoms with Crippen molar-refractivity contribution in [1.29, 1.82) is 0 Å². The zero-order chi connectivity index (χ0) is 13.7. The smallest absolute Gasteiger partial charge is 0.335 e. The average molecular weight is 261 g/mol. The average Bonchev–Trinajstić information content (AvgIpc) is 2.89. The molecular weight excluding hydrogens is 242 g/mol. The van der Waals surface area contributed by atoms with Gasteiger partial charge in [0, 0.05) is 6.04 Å². The van der Waals surface area contributed by atoms with Crippen LogP contribution in [0.15, 0.2) is 0 Å². The summed E-state index contributed by atoms with van der Waals surface area (Å²) in [4.78, 5) is 22.2. The van der Waals surface area contributed by atoms with Gasteiger partial charge < -0.3 is 25.3 Å². The molecule has 4 N–H and O–H groups in total. The number of nitrogens with zero attached hydrogens (tertiary/aromatic N) is 1. The molecule has 7 heteroatoms. The predicted octanol–water partition coefficient (Wildman–Crippen LogP) is -0.878. The molecule has 2 aliphatic heterocycles. The Morgan fingerprint density at radius 3 is 1.61 bits per heavy atom. The molecular formula is C11H19NO6. The fourth-order valence-corrected chi connectivity index (χ4v) is 2.32. The van der Waals surface area contributed by atoms with Crippen molar-refractivity contribution in [2.24, 2.45) is 0 Å². The van der Waals surface area contributed by atoms with E-state index in [1.165, 1.54) is 38.8 Å². The van der Waals surface area contributed by atoms with Crippen LogP contribution in [0.3, 0.4) is 0 Å². The molecule has 0 spiro atoms. The van der Waals surface area contributed by atoms with Crippen LogP contribution >= 0.6 is 0 Å². The molecule has 2 unspecified atom stereocenters. The first kappa shape index (κ1) is 14.9. The van der Waals surface area contributed by atoms with Crippen molar-refractivity contribution in [2.45, 2.75) is 43.9 Å². The highest BCUT2D eigenvalue weighted by molar-refractivity contribution is 5.83. The Bertz CT molecular complexity index is 270. The van der Waals surface area contributed by atoms with Crippen molar-refractivity contribution in [3.63, 3.8) is 0 Å². The number of aliphatic hydroxyl groups is 2. The highest BCUT2D eigenvalue weighted by Gasteiger charge is 2.29. The van der Waals surface area contributed by atoms with Crippen LogP contribution < -0.4 is 0 Å². The fourth-order valence-electron chi connectivity index (χ4n) is 2.32. The Morgan fingerprint density at radius 2 is 1.33 bits per heavy atom. The highest BCUT2D eigenvalue weighted by atomic mass is 16.4. The second kappa shape index (κ2) is 6.67. The monoisotopic (exact) mass is 261 g/mol. The van der Waals surface area contributed by atoms with E-state index in [0.29, 0.717) is 0 Å². The van der Waals surface area contributed by atoms with E-state index in [4.69, 9.17) is 20.4 Å². The van der Waals surface area contributed by atoms with E-state index >= 15 is 0 Å². The van der Waals surface area contributed by atoms with Gasteiger partial charge in [0.05, 0.1) is 0 Å². The molecule has 7 nitrogen and oxygen atoms in total. The van der Waals surface area contributed by atoms with Crippen LogP contribution in [-0.2, 0) is 9.59 Å². The molecule has 2 aliphatic rings. The van der Waals surface area contributed by atoms with Crippen LogP contribution in [0.4, 0.5) is 0 Å². The minimum Gasteiger partial charge on any atom is -0.479 e. The first-order valence-electron chi connectivity index (χ1n) is 5.99. The summed E-state index contributed by atoms with van der Waals surface area (Å²) < 4.78 is 0. The first-order chi connectivity index (χ1) is 8.43. The minimum atomic E-state index is -2.27. The molecule has 0 aliphatic carbocycles. The maximum atomic E-state index is 9.77. The summed E-state index contributed by atoms with van der Waals surface area (Å²) in [6.45, 7) is 2.79. The molecule has 0 amide bonds. The Morgan fingerprint density at radius 1 is 0.944 bits per heavy atom. The van der Waals surface area contributed by atoms with Crippen LogP contribution in [0.2, 0.25) is 0 Å². The van der Waals surface area contributed by atoms with Gasteiger partial charge in [0.25, 0.3) is 0 Å². The summed E-state index contributed by atoms with van der Waals surface area (Å²) in [5.74, 6) is -3.54. The van der Waals surface area contributed by atoms with Gasteiger partial charge in [0.1, 0.15) is 0 Å². The minimum absolute atomic E-state index is 1.01. The highest BCUT2D eigenvalue weighted by Crippen LogP contribution is 2.26. The summed E-state index contributed by atoms with van der Waals surface area (Å²) in [6, 6.07) is 1.01. The Kier molecular flexibility index (Phi) is 5.52. The van der Waals surface area contributed by atoms with Gasteiger partial charge in [-0.3, -0.25) is 0 Å². The molecule has 0 aromatic rings. The normalized spacial score (nSPS) is 22.8. The number of hydrogen-bond donors (Lipinski definition) is 4. The molecule has 104 valence electrons. The molecule has 2 atom stereocenters. The Balaban J connectivity index is 0.000000182. The van der Waals surface area contributed by atoms with E-state index in [1.807, 2.05) is 0 Å². The number of aliphatic carboxylic acids is 2. The van der Waals surface area contributed by atoms with Crippen molar-refractivity contribution in [3.8, 4) is 0 Å². The molecule has 2 fully saturated rings. The molecule has 2 saturated heterocycles. The van der Waals surface area contributed by atoms with Crippen molar-refractivity contribution in [2.75, 3.05) is 13.1 Å². The maximum Gasteiger partial charge on any atom is 0.335 e. The van der Waals surface area contributed by atoms with Crippen molar-refractivity contribution >= 4 is 11.9 Å². The van der Waals surface area contributed by atoms with E-state index < -0.39 is 24.1 Å². The van der Waals surface area contributed by atoms with Gasteiger partial charge in [-0.25, -0.2) is 9.59 Å². The third-order valence-electron chi connectivity index (χ3n) is 3.29. The summed E-state index contributed by atoms with van der Waals surface area (Å²) >= 11 is 0. The van der Waals surface area contributed by atoms with Crippen LogP contribution in [0.1, 0.15) is 25.7 Å². The summed E-state index contributed by atoms with van der Waals surface area (Å²) in [7, 11) is 0. The number of carboxylic acid groups (broad SMARTS) is 2. The Hall–Kier alpha value is -1.18. The summed E-state index contributed by atoms with van der Waals surface area (Å²) in [5, 5.41) is 32.5. The molecule has 2 heterocycles. The van der Waals surface area contributed by atoms with E-state index in [1.54, 1.807) is 0 Å². The molecule has 0 bridgehead atoms. The van der Waals surface area contributed by atoms with Gasteiger partial charge >= 0.3 is 11.9 Å². The number of hydrogen-bond acceptors (Lipinski definition) is 5. The zero-order valence-corrected chi connectivity index (χ0v) is 10.0. The van der Waals surface area contributed by atoms with Crippen LogP contribution in [0.5, 0.6) is 0 Å². The predicted molar refractivity (Wildman–Crippen MR) is 61.1 cm³/mol. The lowest BCUT2D eigenvalue weighted by Crippen LogP contribution is -2.39. The quantitative estimate of drug-likeness (QED) is 0.521. The van der Waals surface area contributed by atoms with Crippen LogP contribution in [-0.4, -0.2) is 68.6 Å². The third kappa shape index (κ3) is 3.94. The number of rotatable bonds is 3. The second-order valence-corrected chi connectivity index (χ2v) is 4.54. The van der Waals surface area contributed by atoms with E-state index in [9.17, 15) is 9.59 Å². The van der Waals surface area contributed by atoms with Crippen LogP contribution in [0.25, 0.3) is 0 Å². The van der Waals surface area contributed by atoms with Crippen molar-refractivity contribution < 1.29 is 30.0 Å². The molecule has 0 aromatic heterocycles. The summed E-state index contributed by atoms with van der Waals surface area (Å²) in [5.41, 5.74) is 0. The number of carboxylic acids is 2. The summed E-state index contributed by atoms with van der Waals surface area (Å²) in [6.07, 6.45) is 1.37. The lowest BCUT2D eigenvalue weighted by Gasteiger charge is -2.11.